The first-order valence-corrected chi connectivity index (χ1v) is 8.64. The van der Waals surface area contributed by atoms with E-state index in [0.717, 1.165) is 5.56 Å². The highest BCUT2D eigenvalue weighted by atomic mass is 35.5. The highest BCUT2D eigenvalue weighted by Crippen LogP contribution is 2.26. The van der Waals surface area contributed by atoms with E-state index >= 15 is 0 Å². The smallest absolute Gasteiger partial charge is 0.274 e. The van der Waals surface area contributed by atoms with Gasteiger partial charge >= 0.3 is 0 Å². The van der Waals surface area contributed by atoms with E-state index in [-0.39, 0.29) is 34.4 Å². The molecule has 0 bridgehead atoms. The van der Waals surface area contributed by atoms with Gasteiger partial charge < -0.3 is 10.2 Å². The summed E-state index contributed by atoms with van der Waals surface area (Å²) in [6.07, 6.45) is 1.47. The summed E-state index contributed by atoms with van der Waals surface area (Å²) in [5.74, 6) is 0.0822. The predicted octanol–water partition coefficient (Wildman–Crippen LogP) is 3.18. The summed E-state index contributed by atoms with van der Waals surface area (Å²) in [5.41, 5.74) is 0.943. The molecule has 0 radical (unpaired) electrons. The number of nitrogens with one attached hydrogen (secondary N) is 1. The van der Waals surface area contributed by atoms with Crippen LogP contribution in [0.25, 0.3) is 0 Å². The third-order valence-electron chi connectivity index (χ3n) is 4.22. The van der Waals surface area contributed by atoms with Crippen LogP contribution in [0.4, 0.5) is 4.39 Å². The molecule has 3 rings (SSSR count). The summed E-state index contributed by atoms with van der Waals surface area (Å²) in [6.45, 7) is 5.62. The number of halogens is 2. The van der Waals surface area contributed by atoms with Crippen molar-refractivity contribution in [3.05, 3.63) is 58.4 Å². The van der Waals surface area contributed by atoms with Gasteiger partial charge in [0.05, 0.1) is 17.3 Å². The molecule has 1 aromatic heterocycles. The molecule has 1 N–H and O–H groups in total. The van der Waals surface area contributed by atoms with Gasteiger partial charge in [0, 0.05) is 25.6 Å². The summed E-state index contributed by atoms with van der Waals surface area (Å²) in [7, 11) is 0. The maximum absolute atomic E-state index is 13.6. The summed E-state index contributed by atoms with van der Waals surface area (Å²) in [4.78, 5) is 23.3. The molecule has 0 saturated carbocycles. The molecule has 1 aromatic carbocycles. The zero-order valence-electron chi connectivity index (χ0n) is 14.2. The van der Waals surface area contributed by atoms with Gasteiger partial charge in [-0.2, -0.15) is 0 Å². The first-order chi connectivity index (χ1) is 12.0. The third-order valence-corrected chi connectivity index (χ3v) is 4.50. The number of amides is 1. The van der Waals surface area contributed by atoms with Gasteiger partial charge in [-0.1, -0.05) is 37.6 Å². The average molecular weight is 363 g/mol. The number of rotatable bonds is 3. The molecule has 7 heteroatoms. The Bertz CT molecular complexity index is 783. The molecule has 0 aliphatic carbocycles. The lowest BCUT2D eigenvalue weighted by molar-refractivity contribution is 0.0627. The number of carbonyl (C=O) groups is 1. The van der Waals surface area contributed by atoms with Gasteiger partial charge in [0.1, 0.15) is 11.6 Å². The molecule has 132 valence electrons. The molecule has 1 aliphatic rings. The number of hydrogen-bond donors (Lipinski definition) is 1. The first-order valence-electron chi connectivity index (χ1n) is 8.27. The molecular weight excluding hydrogens is 343 g/mol. The highest BCUT2D eigenvalue weighted by molar-refractivity contribution is 6.33. The van der Waals surface area contributed by atoms with Crippen LogP contribution >= 0.6 is 11.6 Å². The Labute approximate surface area is 151 Å². The van der Waals surface area contributed by atoms with Crippen LogP contribution in [-0.2, 0) is 0 Å². The van der Waals surface area contributed by atoms with Gasteiger partial charge in [-0.25, -0.2) is 14.4 Å². The van der Waals surface area contributed by atoms with Crippen LogP contribution in [0.15, 0.2) is 30.5 Å². The highest BCUT2D eigenvalue weighted by Gasteiger charge is 2.31. The Hall–Kier alpha value is -2.05. The second-order valence-corrected chi connectivity index (χ2v) is 6.76. The summed E-state index contributed by atoms with van der Waals surface area (Å²) >= 11 is 6.19. The second kappa shape index (κ2) is 7.45. The van der Waals surface area contributed by atoms with Crippen LogP contribution in [0.3, 0.4) is 0 Å². The Kier molecular flexibility index (Phi) is 5.30. The lowest BCUT2D eigenvalue weighted by atomic mass is 10.0. The van der Waals surface area contributed by atoms with E-state index in [0.29, 0.717) is 25.5 Å². The minimum atomic E-state index is -0.322. The summed E-state index contributed by atoms with van der Waals surface area (Å²) < 4.78 is 13.6. The fourth-order valence-corrected chi connectivity index (χ4v) is 3.08. The fraction of sp³-hybridized carbons (Fsp3) is 0.389. The normalized spacial score (nSPS) is 17.8. The lowest BCUT2D eigenvalue weighted by Crippen LogP contribution is -2.49. The van der Waals surface area contributed by atoms with Crippen molar-refractivity contribution in [3.8, 4) is 0 Å². The summed E-state index contributed by atoms with van der Waals surface area (Å²) in [5, 5.41) is 3.48. The van der Waals surface area contributed by atoms with E-state index in [1.807, 2.05) is 19.9 Å². The molecule has 0 spiro atoms. The average Bonchev–Trinajstić information content (AvgIpc) is 2.61. The van der Waals surface area contributed by atoms with Crippen molar-refractivity contribution in [2.75, 3.05) is 19.6 Å². The van der Waals surface area contributed by atoms with Gasteiger partial charge in [-0.15, -0.1) is 0 Å². The van der Waals surface area contributed by atoms with Crippen LogP contribution in [0.1, 0.15) is 47.7 Å². The molecule has 5 nitrogen and oxygen atoms in total. The van der Waals surface area contributed by atoms with Gasteiger partial charge in [0.15, 0.2) is 5.69 Å². The lowest BCUT2D eigenvalue weighted by Gasteiger charge is -2.36. The number of hydrogen-bond acceptors (Lipinski definition) is 4. The molecule has 1 aliphatic heterocycles. The van der Waals surface area contributed by atoms with Crippen molar-refractivity contribution < 1.29 is 9.18 Å². The monoisotopic (exact) mass is 362 g/mol. The van der Waals surface area contributed by atoms with Gasteiger partial charge in [-0.3, -0.25) is 4.79 Å². The van der Waals surface area contributed by atoms with E-state index in [1.54, 1.807) is 11.0 Å². The van der Waals surface area contributed by atoms with Crippen LogP contribution in [-0.4, -0.2) is 40.4 Å². The van der Waals surface area contributed by atoms with E-state index in [4.69, 9.17) is 11.6 Å². The molecule has 1 saturated heterocycles. The second-order valence-electron chi connectivity index (χ2n) is 6.35. The standard InChI is InChI=1S/C18H20ClFN4O/c1-11(2)17-22-9-14(19)16(23-17)18(25)24-7-6-21-10-15(24)12-4-3-5-13(20)8-12/h3-5,8-9,11,15,21H,6-7,10H2,1-2H3. The Morgan fingerprint density at radius 1 is 1.44 bits per heavy atom. The van der Waals surface area contributed by atoms with Gasteiger partial charge in [0.2, 0.25) is 0 Å². The number of carbonyl (C=O) groups excluding carboxylic acids is 1. The molecule has 1 fully saturated rings. The maximum Gasteiger partial charge on any atom is 0.274 e. The zero-order valence-corrected chi connectivity index (χ0v) is 14.9. The Balaban J connectivity index is 1.95. The molecule has 1 atom stereocenters. The minimum Gasteiger partial charge on any atom is -0.328 e. The van der Waals surface area contributed by atoms with E-state index in [2.05, 4.69) is 15.3 Å². The van der Waals surface area contributed by atoms with Crippen molar-refractivity contribution in [2.24, 2.45) is 0 Å². The van der Waals surface area contributed by atoms with E-state index in [1.165, 1.54) is 18.3 Å². The van der Waals surface area contributed by atoms with E-state index in [9.17, 15) is 9.18 Å². The van der Waals surface area contributed by atoms with Gasteiger partial charge in [-0.05, 0) is 17.7 Å². The molecule has 25 heavy (non-hydrogen) atoms. The fourth-order valence-electron chi connectivity index (χ4n) is 2.90. The number of aromatic nitrogens is 2. The minimum absolute atomic E-state index is 0.0888. The van der Waals surface area contributed by atoms with Crippen molar-refractivity contribution in [2.45, 2.75) is 25.8 Å². The first kappa shape index (κ1) is 17.8. The largest absolute Gasteiger partial charge is 0.328 e. The quantitative estimate of drug-likeness (QED) is 0.911. The van der Waals surface area contributed by atoms with Crippen molar-refractivity contribution in [1.82, 2.24) is 20.2 Å². The van der Waals surface area contributed by atoms with E-state index < -0.39 is 0 Å². The Morgan fingerprint density at radius 2 is 2.24 bits per heavy atom. The van der Waals surface area contributed by atoms with Crippen LogP contribution in [0, 0.1) is 5.82 Å². The predicted molar refractivity (Wildman–Crippen MR) is 94.2 cm³/mol. The molecule has 1 unspecified atom stereocenters. The molecular formula is C18H20ClFN4O. The SMILES string of the molecule is CC(C)c1ncc(Cl)c(C(=O)N2CCNCC2c2cccc(F)c2)n1. The number of benzene rings is 1. The molecule has 1 amide bonds. The third kappa shape index (κ3) is 3.80. The molecule has 2 heterocycles. The van der Waals surface area contributed by atoms with Crippen molar-refractivity contribution >= 4 is 17.5 Å². The topological polar surface area (TPSA) is 58.1 Å². The van der Waals surface area contributed by atoms with Crippen molar-refractivity contribution in [1.29, 1.82) is 0 Å². The Morgan fingerprint density at radius 3 is 2.96 bits per heavy atom. The van der Waals surface area contributed by atoms with Crippen molar-refractivity contribution in [3.63, 3.8) is 0 Å². The maximum atomic E-state index is 13.6. The summed E-state index contributed by atoms with van der Waals surface area (Å²) in [6, 6.07) is 6.05. The van der Waals surface area contributed by atoms with Crippen LogP contribution in [0.2, 0.25) is 5.02 Å². The number of nitrogens with zero attached hydrogens (tertiary/aromatic N) is 3. The molecule has 2 aromatic rings. The number of piperazine rings is 1. The van der Waals surface area contributed by atoms with Gasteiger partial charge in [0.25, 0.3) is 5.91 Å². The zero-order chi connectivity index (χ0) is 18.0. The van der Waals surface area contributed by atoms with Crippen LogP contribution in [0.5, 0.6) is 0 Å². The van der Waals surface area contributed by atoms with Crippen LogP contribution < -0.4 is 5.32 Å².